The fourth-order valence-electron chi connectivity index (χ4n) is 4.39. The summed E-state index contributed by atoms with van der Waals surface area (Å²) in [5.74, 6) is -1.43. The molecule has 2 aromatic carbocycles. The molecule has 0 bridgehead atoms. The van der Waals surface area contributed by atoms with E-state index in [-0.39, 0.29) is 37.8 Å². The Hall–Kier alpha value is -3.30. The zero-order valence-electron chi connectivity index (χ0n) is 21.8. The lowest BCUT2D eigenvalue weighted by Crippen LogP contribution is -2.43. The summed E-state index contributed by atoms with van der Waals surface area (Å²) in [6.45, 7) is 0.193. The number of amides is 2. The minimum Gasteiger partial charge on any atom is -0.489 e. The highest BCUT2D eigenvalue weighted by Crippen LogP contribution is 2.26. The molecular weight excluding hydrogens is 547 g/mol. The number of halogens is 2. The van der Waals surface area contributed by atoms with Crippen molar-refractivity contribution in [2.75, 3.05) is 14.2 Å². The second kappa shape index (κ2) is 14.7. The van der Waals surface area contributed by atoms with Gasteiger partial charge in [-0.1, -0.05) is 41.4 Å². The average molecular weight is 579 g/mol. The molecule has 1 aliphatic heterocycles. The number of rotatable bonds is 13. The van der Waals surface area contributed by atoms with E-state index < -0.39 is 29.8 Å². The van der Waals surface area contributed by atoms with Crippen molar-refractivity contribution in [1.29, 1.82) is 0 Å². The summed E-state index contributed by atoms with van der Waals surface area (Å²) in [5, 5.41) is 6.56. The molecule has 39 heavy (non-hydrogen) atoms. The molecule has 2 N–H and O–H groups in total. The molecule has 2 unspecified atom stereocenters. The second-order valence-electron chi connectivity index (χ2n) is 9.28. The first-order chi connectivity index (χ1) is 18.7. The van der Waals surface area contributed by atoms with Crippen molar-refractivity contribution in [1.82, 2.24) is 10.6 Å². The van der Waals surface area contributed by atoms with E-state index in [0.717, 1.165) is 5.56 Å². The third-order valence-electron chi connectivity index (χ3n) is 6.54. The molecule has 9 nitrogen and oxygen atoms in total. The van der Waals surface area contributed by atoms with Gasteiger partial charge in [-0.25, -0.2) is 4.79 Å². The minimum absolute atomic E-state index is 0.00527. The monoisotopic (exact) mass is 578 g/mol. The molecule has 1 saturated heterocycles. The summed E-state index contributed by atoms with van der Waals surface area (Å²) in [6, 6.07) is 11.3. The Morgan fingerprint density at radius 1 is 1.03 bits per heavy atom. The summed E-state index contributed by atoms with van der Waals surface area (Å²) in [6.07, 6.45) is 1.88. The van der Waals surface area contributed by atoms with Gasteiger partial charge in [-0.2, -0.15) is 0 Å². The number of carbonyl (C=O) groups is 4. The van der Waals surface area contributed by atoms with E-state index in [1.807, 2.05) is 0 Å². The molecule has 11 heteroatoms. The number of hydrogen-bond donors (Lipinski definition) is 2. The van der Waals surface area contributed by atoms with E-state index in [0.29, 0.717) is 40.6 Å². The van der Waals surface area contributed by atoms with Gasteiger partial charge in [0.1, 0.15) is 18.4 Å². The van der Waals surface area contributed by atoms with Crippen LogP contribution in [0.4, 0.5) is 0 Å². The molecule has 0 aromatic heterocycles. The summed E-state index contributed by atoms with van der Waals surface area (Å²) >= 11 is 12.4. The number of hydrogen-bond acceptors (Lipinski definition) is 7. The van der Waals surface area contributed by atoms with Gasteiger partial charge < -0.3 is 24.8 Å². The van der Waals surface area contributed by atoms with E-state index in [2.05, 4.69) is 10.6 Å². The van der Waals surface area contributed by atoms with E-state index in [1.54, 1.807) is 42.5 Å². The highest BCUT2D eigenvalue weighted by atomic mass is 35.5. The highest BCUT2D eigenvalue weighted by molar-refractivity contribution is 6.35. The molecule has 3 atom stereocenters. The van der Waals surface area contributed by atoms with Crippen LogP contribution in [0.25, 0.3) is 0 Å². The third-order valence-corrected chi connectivity index (χ3v) is 7.25. The summed E-state index contributed by atoms with van der Waals surface area (Å²) in [7, 11) is 2.54. The van der Waals surface area contributed by atoms with Crippen LogP contribution in [0.1, 0.15) is 43.2 Å². The highest BCUT2D eigenvalue weighted by Gasteiger charge is 2.29. The van der Waals surface area contributed by atoms with Crippen LogP contribution in [-0.4, -0.2) is 50.1 Å². The molecule has 0 radical (unpaired) electrons. The summed E-state index contributed by atoms with van der Waals surface area (Å²) in [5.41, 5.74) is 1.46. The lowest BCUT2D eigenvalue weighted by Gasteiger charge is -2.20. The average Bonchev–Trinajstić information content (AvgIpc) is 3.34. The van der Waals surface area contributed by atoms with E-state index in [4.69, 9.17) is 37.4 Å². The number of methoxy groups -OCH3 is 2. The lowest BCUT2D eigenvalue weighted by molar-refractivity contribution is -0.147. The Labute approximate surface area is 237 Å². The van der Waals surface area contributed by atoms with Gasteiger partial charge in [0.05, 0.1) is 20.1 Å². The predicted molar refractivity (Wildman–Crippen MR) is 145 cm³/mol. The van der Waals surface area contributed by atoms with Gasteiger partial charge in [0.15, 0.2) is 0 Å². The molecule has 0 spiro atoms. The van der Waals surface area contributed by atoms with Gasteiger partial charge in [-0.15, -0.1) is 0 Å². The van der Waals surface area contributed by atoms with Gasteiger partial charge in [0.25, 0.3) is 0 Å². The smallest absolute Gasteiger partial charge is 0.328 e. The fraction of sp³-hybridized carbons (Fsp3) is 0.429. The number of benzene rings is 2. The van der Waals surface area contributed by atoms with Crippen LogP contribution < -0.4 is 15.4 Å². The Morgan fingerprint density at radius 2 is 1.69 bits per heavy atom. The van der Waals surface area contributed by atoms with Crippen molar-refractivity contribution in [2.45, 2.75) is 57.2 Å². The van der Waals surface area contributed by atoms with Crippen LogP contribution in [0.15, 0.2) is 42.5 Å². The number of esters is 2. The predicted octanol–water partition coefficient (Wildman–Crippen LogP) is 4.01. The molecule has 1 fully saturated rings. The molecule has 1 heterocycles. The quantitative estimate of drug-likeness (QED) is 0.344. The van der Waals surface area contributed by atoms with Gasteiger partial charge in [0, 0.05) is 40.9 Å². The Morgan fingerprint density at radius 3 is 2.28 bits per heavy atom. The van der Waals surface area contributed by atoms with Crippen molar-refractivity contribution < 1.29 is 33.4 Å². The first-order valence-corrected chi connectivity index (χ1v) is 13.3. The topological polar surface area (TPSA) is 120 Å². The van der Waals surface area contributed by atoms with Crippen LogP contribution >= 0.6 is 23.2 Å². The molecule has 1 aliphatic rings. The van der Waals surface area contributed by atoms with Gasteiger partial charge in [0.2, 0.25) is 11.8 Å². The zero-order chi connectivity index (χ0) is 28.4. The second-order valence-corrected chi connectivity index (χ2v) is 10.1. The van der Waals surface area contributed by atoms with Crippen LogP contribution in [0, 0.1) is 5.92 Å². The Kier molecular flexibility index (Phi) is 11.4. The van der Waals surface area contributed by atoms with Crippen LogP contribution in [0.2, 0.25) is 10.0 Å². The maximum absolute atomic E-state index is 12.7. The first-order valence-electron chi connectivity index (χ1n) is 12.6. The zero-order valence-corrected chi connectivity index (χ0v) is 23.3. The van der Waals surface area contributed by atoms with Crippen molar-refractivity contribution >= 4 is 47.0 Å². The van der Waals surface area contributed by atoms with Gasteiger partial charge in [-0.05, 0) is 49.1 Å². The third kappa shape index (κ3) is 9.14. The summed E-state index contributed by atoms with van der Waals surface area (Å²) in [4.78, 5) is 48.8. The molecule has 0 aliphatic carbocycles. The Bertz CT molecular complexity index is 1150. The number of carbonyl (C=O) groups excluding carboxylic acids is 4. The Balaban J connectivity index is 1.55. The van der Waals surface area contributed by atoms with Crippen molar-refractivity contribution in [3.05, 3.63) is 63.6 Å². The SMILES string of the molecule is COC(=O)C(CCC(=O)N[C@@H](Cc1ccc(OCc2c(Cl)cccc2Cl)cc1)C(=O)OC)CC1CCC(=O)N1. The number of nitrogens with one attached hydrogen (secondary N) is 2. The lowest BCUT2D eigenvalue weighted by atomic mass is 9.94. The maximum atomic E-state index is 12.7. The van der Waals surface area contributed by atoms with Crippen molar-refractivity contribution in [3.8, 4) is 5.75 Å². The normalized spacial score (nSPS) is 16.1. The van der Waals surface area contributed by atoms with Gasteiger partial charge in [-0.3, -0.25) is 14.4 Å². The van der Waals surface area contributed by atoms with E-state index >= 15 is 0 Å². The molecule has 210 valence electrons. The minimum atomic E-state index is -0.915. The molecule has 3 rings (SSSR count). The summed E-state index contributed by atoms with van der Waals surface area (Å²) < 4.78 is 15.6. The molecular formula is C28H32Cl2N2O7. The van der Waals surface area contributed by atoms with E-state index in [1.165, 1.54) is 14.2 Å². The van der Waals surface area contributed by atoms with Crippen LogP contribution in [0.3, 0.4) is 0 Å². The van der Waals surface area contributed by atoms with Crippen molar-refractivity contribution in [2.24, 2.45) is 5.92 Å². The maximum Gasteiger partial charge on any atom is 0.328 e. The van der Waals surface area contributed by atoms with Crippen molar-refractivity contribution in [3.63, 3.8) is 0 Å². The molecule has 2 aromatic rings. The standard InChI is InChI=1S/C28H32Cl2N2O7/c1-37-27(35)18(15-19-9-13-25(33)31-19)8-12-26(34)32-24(28(36)38-2)14-17-6-10-20(11-7-17)39-16-21-22(29)4-3-5-23(21)30/h3-7,10-11,18-19,24H,8-9,12-16H2,1-2H3,(H,31,33)(H,32,34)/t18?,19?,24-/m0/s1. The molecule has 0 saturated carbocycles. The largest absolute Gasteiger partial charge is 0.489 e. The molecule has 2 amide bonds. The van der Waals surface area contributed by atoms with Crippen LogP contribution in [-0.2, 0) is 41.7 Å². The first kappa shape index (κ1) is 30.2. The number of ether oxygens (including phenoxy) is 3. The van der Waals surface area contributed by atoms with Gasteiger partial charge >= 0.3 is 11.9 Å². The fourth-order valence-corrected chi connectivity index (χ4v) is 4.89. The van der Waals surface area contributed by atoms with E-state index in [9.17, 15) is 19.2 Å². The van der Waals surface area contributed by atoms with Crippen LogP contribution in [0.5, 0.6) is 5.75 Å².